The Morgan fingerprint density at radius 3 is 2.71 bits per heavy atom. The Bertz CT molecular complexity index is 594. The second-order valence-electron chi connectivity index (χ2n) is 5.45. The molecule has 0 amide bonds. The first-order chi connectivity index (χ1) is 10.3. The van der Waals surface area contributed by atoms with Crippen LogP contribution in [0.25, 0.3) is 0 Å². The summed E-state index contributed by atoms with van der Waals surface area (Å²) in [5.74, 6) is 2.35. The average Bonchev–Trinajstić information content (AvgIpc) is 2.96. The van der Waals surface area contributed by atoms with E-state index in [0.29, 0.717) is 12.0 Å². The number of methoxy groups -OCH3 is 1. The lowest BCUT2D eigenvalue weighted by Crippen LogP contribution is -2.25. The van der Waals surface area contributed by atoms with Crippen molar-refractivity contribution in [2.75, 3.05) is 20.3 Å². The molecule has 0 spiro atoms. The highest BCUT2D eigenvalue weighted by Crippen LogP contribution is 2.33. The van der Waals surface area contributed by atoms with Gasteiger partial charge in [-0.1, -0.05) is 30.3 Å². The van der Waals surface area contributed by atoms with Crippen molar-refractivity contribution in [3.63, 3.8) is 0 Å². The molecule has 0 bridgehead atoms. The number of benzene rings is 2. The molecule has 0 radical (unpaired) electrons. The molecule has 3 heteroatoms. The Balaban J connectivity index is 1.60. The fourth-order valence-electron chi connectivity index (χ4n) is 2.73. The highest BCUT2D eigenvalue weighted by atomic mass is 16.5. The van der Waals surface area contributed by atoms with Crippen molar-refractivity contribution in [1.29, 1.82) is 0 Å². The van der Waals surface area contributed by atoms with E-state index < -0.39 is 0 Å². The van der Waals surface area contributed by atoms with E-state index in [0.717, 1.165) is 24.7 Å². The quantitative estimate of drug-likeness (QED) is 0.910. The van der Waals surface area contributed by atoms with E-state index in [1.54, 1.807) is 7.11 Å². The van der Waals surface area contributed by atoms with Crippen LogP contribution in [0.4, 0.5) is 0 Å². The van der Waals surface area contributed by atoms with Gasteiger partial charge in [0.2, 0.25) is 0 Å². The lowest BCUT2D eigenvalue weighted by molar-refractivity contribution is 0.323. The third-order valence-electron chi connectivity index (χ3n) is 4.09. The number of fused-ring (bicyclic) bond motifs is 1. The molecule has 3 rings (SSSR count). The molecule has 110 valence electrons. The van der Waals surface area contributed by atoms with Gasteiger partial charge in [0.1, 0.15) is 11.5 Å². The zero-order valence-corrected chi connectivity index (χ0v) is 12.5. The Labute approximate surface area is 125 Å². The van der Waals surface area contributed by atoms with Gasteiger partial charge in [-0.05, 0) is 30.7 Å². The van der Waals surface area contributed by atoms with Crippen molar-refractivity contribution in [1.82, 2.24) is 5.32 Å². The van der Waals surface area contributed by atoms with Crippen LogP contribution in [0.2, 0.25) is 0 Å². The van der Waals surface area contributed by atoms with Crippen molar-refractivity contribution < 1.29 is 9.47 Å². The molecule has 2 aromatic carbocycles. The van der Waals surface area contributed by atoms with E-state index in [2.05, 4.69) is 36.5 Å². The molecule has 1 unspecified atom stereocenters. The van der Waals surface area contributed by atoms with Gasteiger partial charge in [0, 0.05) is 24.1 Å². The summed E-state index contributed by atoms with van der Waals surface area (Å²) in [6.45, 7) is 3.87. The molecular formula is C18H21NO2. The number of hydrogen-bond donors (Lipinski definition) is 1. The second-order valence-corrected chi connectivity index (χ2v) is 5.45. The zero-order valence-electron chi connectivity index (χ0n) is 12.5. The fourth-order valence-corrected chi connectivity index (χ4v) is 2.73. The lowest BCUT2D eigenvalue weighted by Gasteiger charge is -2.17. The monoisotopic (exact) mass is 283 g/mol. The van der Waals surface area contributed by atoms with Crippen molar-refractivity contribution in [3.8, 4) is 11.5 Å². The van der Waals surface area contributed by atoms with Crippen molar-refractivity contribution in [2.24, 2.45) is 0 Å². The van der Waals surface area contributed by atoms with Gasteiger partial charge >= 0.3 is 0 Å². The molecule has 2 atom stereocenters. The number of ether oxygens (including phenoxy) is 2. The minimum absolute atomic E-state index is 0.309. The molecular weight excluding hydrogens is 262 g/mol. The van der Waals surface area contributed by atoms with Crippen LogP contribution in [-0.2, 0) is 0 Å². The fraction of sp³-hybridized carbons (Fsp3) is 0.333. The molecule has 0 aromatic heterocycles. The third-order valence-corrected chi connectivity index (χ3v) is 4.09. The molecule has 1 heterocycles. The predicted molar refractivity (Wildman–Crippen MR) is 84.1 cm³/mol. The molecule has 0 saturated carbocycles. The first-order valence-electron chi connectivity index (χ1n) is 7.37. The van der Waals surface area contributed by atoms with E-state index in [9.17, 15) is 0 Å². The number of rotatable bonds is 5. The normalized spacial score (nSPS) is 17.9. The topological polar surface area (TPSA) is 30.5 Å². The number of nitrogens with one attached hydrogen (secondary N) is 1. The van der Waals surface area contributed by atoms with Gasteiger partial charge < -0.3 is 14.8 Å². The van der Waals surface area contributed by atoms with Crippen LogP contribution in [0.15, 0.2) is 48.5 Å². The molecule has 21 heavy (non-hydrogen) atoms. The summed E-state index contributed by atoms with van der Waals surface area (Å²) < 4.78 is 10.9. The minimum atomic E-state index is 0.309. The van der Waals surface area contributed by atoms with Crippen molar-refractivity contribution in [2.45, 2.75) is 18.9 Å². The summed E-state index contributed by atoms with van der Waals surface area (Å²) >= 11 is 0. The van der Waals surface area contributed by atoms with Gasteiger partial charge in [0.15, 0.2) is 0 Å². The Morgan fingerprint density at radius 1 is 1.19 bits per heavy atom. The van der Waals surface area contributed by atoms with Gasteiger partial charge in [-0.15, -0.1) is 0 Å². The van der Waals surface area contributed by atoms with Crippen LogP contribution in [-0.4, -0.2) is 20.3 Å². The minimum Gasteiger partial charge on any atom is -0.497 e. The molecule has 1 aliphatic rings. The number of hydrogen-bond acceptors (Lipinski definition) is 3. The van der Waals surface area contributed by atoms with Crippen LogP contribution in [0.3, 0.4) is 0 Å². The van der Waals surface area contributed by atoms with E-state index >= 15 is 0 Å². The Hall–Kier alpha value is -2.00. The summed E-state index contributed by atoms with van der Waals surface area (Å²) in [6.07, 6.45) is 0. The SMILES string of the molecule is COc1ccc([C@H](C)NCC2COc3ccccc32)cc1. The maximum Gasteiger partial charge on any atom is 0.122 e. The molecule has 1 aliphatic heterocycles. The van der Waals surface area contributed by atoms with E-state index in [1.807, 2.05) is 24.3 Å². The Morgan fingerprint density at radius 2 is 1.95 bits per heavy atom. The summed E-state index contributed by atoms with van der Waals surface area (Å²) in [5.41, 5.74) is 2.58. The smallest absolute Gasteiger partial charge is 0.122 e. The predicted octanol–water partition coefficient (Wildman–Crippen LogP) is 3.52. The molecule has 0 aliphatic carbocycles. The standard InChI is InChI=1S/C18H21NO2/c1-13(14-7-9-16(20-2)10-8-14)19-11-15-12-21-18-6-4-3-5-17(15)18/h3-10,13,15,19H,11-12H2,1-2H3/t13-,15?/m0/s1. The van der Waals surface area contributed by atoms with Crippen LogP contribution >= 0.6 is 0 Å². The Kier molecular flexibility index (Phi) is 4.11. The lowest BCUT2D eigenvalue weighted by atomic mass is 10.0. The maximum absolute atomic E-state index is 5.72. The summed E-state index contributed by atoms with van der Waals surface area (Å²) in [7, 11) is 1.69. The molecule has 2 aromatic rings. The first kappa shape index (κ1) is 14.0. The van der Waals surface area contributed by atoms with Crippen molar-refractivity contribution >= 4 is 0 Å². The molecule has 0 fully saturated rings. The summed E-state index contributed by atoms with van der Waals surface area (Å²) in [4.78, 5) is 0. The maximum atomic E-state index is 5.72. The van der Waals surface area contributed by atoms with Gasteiger partial charge in [0.05, 0.1) is 13.7 Å². The molecule has 0 saturated heterocycles. The van der Waals surface area contributed by atoms with Crippen LogP contribution in [0, 0.1) is 0 Å². The highest BCUT2D eigenvalue weighted by molar-refractivity contribution is 5.39. The van der Waals surface area contributed by atoms with E-state index in [4.69, 9.17) is 9.47 Å². The zero-order chi connectivity index (χ0) is 14.7. The second kappa shape index (κ2) is 6.19. The van der Waals surface area contributed by atoms with Crippen LogP contribution < -0.4 is 14.8 Å². The summed E-state index contributed by atoms with van der Waals surface area (Å²) in [6, 6.07) is 16.8. The highest BCUT2D eigenvalue weighted by Gasteiger charge is 2.23. The van der Waals surface area contributed by atoms with Crippen LogP contribution in [0.5, 0.6) is 11.5 Å². The summed E-state index contributed by atoms with van der Waals surface area (Å²) in [5, 5.41) is 3.60. The number of para-hydroxylation sites is 1. The van der Waals surface area contributed by atoms with Gasteiger partial charge in [-0.2, -0.15) is 0 Å². The van der Waals surface area contributed by atoms with Gasteiger partial charge in [-0.25, -0.2) is 0 Å². The van der Waals surface area contributed by atoms with Crippen LogP contribution in [0.1, 0.15) is 30.0 Å². The third kappa shape index (κ3) is 3.03. The molecule has 1 N–H and O–H groups in total. The molecule has 3 nitrogen and oxygen atoms in total. The van der Waals surface area contributed by atoms with Gasteiger partial charge in [0.25, 0.3) is 0 Å². The van der Waals surface area contributed by atoms with Gasteiger partial charge in [-0.3, -0.25) is 0 Å². The van der Waals surface area contributed by atoms with E-state index in [-0.39, 0.29) is 0 Å². The average molecular weight is 283 g/mol. The van der Waals surface area contributed by atoms with Crippen molar-refractivity contribution in [3.05, 3.63) is 59.7 Å². The largest absolute Gasteiger partial charge is 0.497 e. The first-order valence-corrected chi connectivity index (χ1v) is 7.37. The van der Waals surface area contributed by atoms with E-state index in [1.165, 1.54) is 11.1 Å².